The van der Waals surface area contributed by atoms with Crippen molar-refractivity contribution in [2.75, 3.05) is 11.9 Å². The number of hydrogen-bond acceptors (Lipinski definition) is 6. The average Bonchev–Trinajstić information content (AvgIpc) is 3.02. The Morgan fingerprint density at radius 2 is 1.68 bits per heavy atom. The summed E-state index contributed by atoms with van der Waals surface area (Å²) in [5.74, 6) is -0.321. The molecule has 0 radical (unpaired) electrons. The Labute approximate surface area is 172 Å². The van der Waals surface area contributed by atoms with Crippen LogP contribution in [0.2, 0.25) is 0 Å². The molecule has 0 atom stereocenters. The summed E-state index contributed by atoms with van der Waals surface area (Å²) >= 11 is 0. The van der Waals surface area contributed by atoms with E-state index in [2.05, 4.69) is 44.3 Å². The highest BCUT2D eigenvalue weighted by Gasteiger charge is 2.19. The maximum absolute atomic E-state index is 12.5. The molecule has 0 amide bonds. The van der Waals surface area contributed by atoms with E-state index in [1.54, 1.807) is 0 Å². The molecule has 0 saturated carbocycles. The van der Waals surface area contributed by atoms with Crippen molar-refractivity contribution in [1.29, 1.82) is 0 Å². The lowest BCUT2D eigenvalue weighted by Gasteiger charge is -2.11. The highest BCUT2D eigenvalue weighted by Crippen LogP contribution is 2.29. The zero-order valence-corrected chi connectivity index (χ0v) is 18.4. The number of benzene rings is 2. The van der Waals surface area contributed by atoms with Gasteiger partial charge in [-0.1, -0.05) is 56.1 Å². The topological polar surface area (TPSA) is 50.7 Å². The fourth-order valence-electron chi connectivity index (χ4n) is 2.91. The van der Waals surface area contributed by atoms with Crippen LogP contribution in [0.25, 0.3) is 0 Å². The van der Waals surface area contributed by atoms with Crippen LogP contribution in [0.3, 0.4) is 0 Å². The molecule has 0 fully saturated rings. The Bertz CT molecular complexity index is 1080. The molecule has 0 unspecified atom stereocenters. The molecule has 4 nitrogen and oxygen atoms in total. The molecule has 2 aromatic carbocycles. The fourth-order valence-corrected chi connectivity index (χ4v) is 5.17. The van der Waals surface area contributed by atoms with Crippen molar-refractivity contribution < 1.29 is 9.53 Å². The van der Waals surface area contributed by atoms with Gasteiger partial charge in [0.05, 0.1) is 12.3 Å². The largest absolute Gasteiger partial charge is 0.462 e. The lowest BCUT2D eigenvalue weighted by molar-refractivity contribution is 0.0533. The van der Waals surface area contributed by atoms with Crippen molar-refractivity contribution in [3.05, 3.63) is 68.2 Å². The number of rotatable bonds is 5. The SMILES string of the molecule is CCOC(=O)c1ssc(=Nc2ccc(C)cc2C)c1Nc1ccc(C)cc1C. The summed E-state index contributed by atoms with van der Waals surface area (Å²) in [6.45, 7) is 10.4. The van der Waals surface area contributed by atoms with Crippen molar-refractivity contribution in [3.63, 3.8) is 0 Å². The Morgan fingerprint density at radius 3 is 2.32 bits per heavy atom. The van der Waals surface area contributed by atoms with Gasteiger partial charge in [0, 0.05) is 5.69 Å². The van der Waals surface area contributed by atoms with Crippen molar-refractivity contribution in [2.45, 2.75) is 34.6 Å². The van der Waals surface area contributed by atoms with E-state index >= 15 is 0 Å². The third kappa shape index (κ3) is 4.51. The van der Waals surface area contributed by atoms with Crippen LogP contribution in [0.1, 0.15) is 38.8 Å². The standard InChI is InChI=1S/C22H24N2O2S2/c1-6-26-22(25)20-19(23-17-9-7-13(2)11-15(17)4)21(28-27-20)24-18-10-8-14(3)12-16(18)5/h7-12,23H,6H2,1-5H3. The van der Waals surface area contributed by atoms with E-state index in [4.69, 9.17) is 9.73 Å². The monoisotopic (exact) mass is 412 g/mol. The summed E-state index contributed by atoms with van der Waals surface area (Å²) in [6.07, 6.45) is 0. The normalized spacial score (nSPS) is 11.5. The highest BCUT2D eigenvalue weighted by atomic mass is 32.9. The Morgan fingerprint density at radius 1 is 1.00 bits per heavy atom. The average molecular weight is 413 g/mol. The molecule has 0 aliphatic heterocycles. The van der Waals surface area contributed by atoms with E-state index in [-0.39, 0.29) is 5.97 Å². The summed E-state index contributed by atoms with van der Waals surface area (Å²) in [5, 5.41) is 3.43. The van der Waals surface area contributed by atoms with Gasteiger partial charge in [0.2, 0.25) is 0 Å². The molecule has 0 bridgehead atoms. The number of nitrogens with zero attached hydrogens (tertiary/aromatic N) is 1. The molecule has 1 heterocycles. The number of carbonyl (C=O) groups excluding carboxylic acids is 1. The first-order valence-corrected chi connectivity index (χ1v) is 11.3. The maximum Gasteiger partial charge on any atom is 0.351 e. The lowest BCUT2D eigenvalue weighted by atomic mass is 10.1. The van der Waals surface area contributed by atoms with E-state index < -0.39 is 0 Å². The Balaban J connectivity index is 2.12. The van der Waals surface area contributed by atoms with E-state index in [9.17, 15) is 4.79 Å². The van der Waals surface area contributed by atoms with Gasteiger partial charge in [0.25, 0.3) is 0 Å². The van der Waals surface area contributed by atoms with Crippen LogP contribution in [0.5, 0.6) is 0 Å². The van der Waals surface area contributed by atoms with Crippen LogP contribution in [-0.4, -0.2) is 12.6 Å². The van der Waals surface area contributed by atoms with Crippen molar-refractivity contribution in [2.24, 2.45) is 4.99 Å². The quantitative estimate of drug-likeness (QED) is 0.401. The van der Waals surface area contributed by atoms with E-state index in [0.29, 0.717) is 17.2 Å². The smallest absolute Gasteiger partial charge is 0.351 e. The van der Waals surface area contributed by atoms with Crippen LogP contribution >= 0.6 is 20.7 Å². The summed E-state index contributed by atoms with van der Waals surface area (Å²) in [5.41, 5.74) is 7.18. The maximum atomic E-state index is 12.5. The van der Waals surface area contributed by atoms with Gasteiger partial charge in [0.15, 0.2) is 4.67 Å². The number of carbonyl (C=O) groups is 1. The lowest BCUT2D eigenvalue weighted by Crippen LogP contribution is -2.11. The molecule has 3 rings (SSSR count). The van der Waals surface area contributed by atoms with Crippen LogP contribution in [-0.2, 0) is 4.74 Å². The summed E-state index contributed by atoms with van der Waals surface area (Å²) < 4.78 is 6.03. The van der Waals surface area contributed by atoms with Gasteiger partial charge >= 0.3 is 5.97 Å². The van der Waals surface area contributed by atoms with Gasteiger partial charge < -0.3 is 10.1 Å². The van der Waals surface area contributed by atoms with Gasteiger partial charge in [0.1, 0.15) is 10.6 Å². The van der Waals surface area contributed by atoms with Gasteiger partial charge in [-0.15, -0.1) is 0 Å². The van der Waals surface area contributed by atoms with Crippen molar-refractivity contribution >= 4 is 43.7 Å². The number of aryl methyl sites for hydroxylation is 4. The molecule has 6 heteroatoms. The fraction of sp³-hybridized carbons (Fsp3) is 0.273. The summed E-state index contributed by atoms with van der Waals surface area (Å²) in [7, 11) is 2.87. The van der Waals surface area contributed by atoms with Crippen molar-refractivity contribution in [3.8, 4) is 0 Å². The minimum Gasteiger partial charge on any atom is -0.462 e. The van der Waals surface area contributed by atoms with Crippen LogP contribution in [0, 0.1) is 27.7 Å². The number of hydrogen-bond donors (Lipinski definition) is 1. The Kier molecular flexibility index (Phi) is 6.31. The predicted molar refractivity (Wildman–Crippen MR) is 118 cm³/mol. The number of esters is 1. The minimum atomic E-state index is -0.321. The molecule has 0 aliphatic carbocycles. The number of anilines is 2. The number of ether oxygens (including phenoxy) is 1. The number of nitrogens with one attached hydrogen (secondary N) is 1. The predicted octanol–water partition coefficient (Wildman–Crippen LogP) is 6.20. The summed E-state index contributed by atoms with van der Waals surface area (Å²) in [4.78, 5) is 17.9. The third-order valence-corrected chi connectivity index (χ3v) is 6.62. The van der Waals surface area contributed by atoms with Gasteiger partial charge in [-0.25, -0.2) is 9.79 Å². The first kappa shape index (κ1) is 20.3. The van der Waals surface area contributed by atoms with Gasteiger partial charge in [-0.2, -0.15) is 0 Å². The van der Waals surface area contributed by atoms with E-state index in [1.165, 1.54) is 31.8 Å². The molecular weight excluding hydrogens is 388 g/mol. The van der Waals surface area contributed by atoms with Crippen LogP contribution in [0.15, 0.2) is 41.4 Å². The van der Waals surface area contributed by atoms with Crippen molar-refractivity contribution in [1.82, 2.24) is 0 Å². The van der Waals surface area contributed by atoms with Crippen LogP contribution < -0.4 is 9.99 Å². The third-order valence-electron chi connectivity index (χ3n) is 4.32. The minimum absolute atomic E-state index is 0.321. The second kappa shape index (κ2) is 8.71. The molecule has 28 heavy (non-hydrogen) atoms. The molecule has 3 aromatic rings. The van der Waals surface area contributed by atoms with Gasteiger partial charge in [-0.3, -0.25) is 0 Å². The molecule has 146 valence electrons. The molecule has 0 saturated heterocycles. The Hall–Kier alpha value is -2.44. The zero-order valence-electron chi connectivity index (χ0n) is 16.8. The molecule has 1 N–H and O–H groups in total. The summed E-state index contributed by atoms with van der Waals surface area (Å²) in [6, 6.07) is 12.4. The second-order valence-corrected chi connectivity index (χ2v) is 8.87. The van der Waals surface area contributed by atoms with Crippen LogP contribution in [0.4, 0.5) is 17.1 Å². The van der Waals surface area contributed by atoms with E-state index in [1.807, 2.05) is 32.0 Å². The second-order valence-electron chi connectivity index (χ2n) is 6.74. The molecule has 0 aliphatic rings. The highest BCUT2D eigenvalue weighted by molar-refractivity contribution is 7.69. The molecule has 0 spiro atoms. The van der Waals surface area contributed by atoms with E-state index in [0.717, 1.165) is 27.2 Å². The van der Waals surface area contributed by atoms with Gasteiger partial charge in [-0.05, 0) is 57.9 Å². The molecular formula is C22H24N2O2S2. The first-order chi connectivity index (χ1) is 13.4. The molecule has 1 aromatic heterocycles. The first-order valence-electron chi connectivity index (χ1n) is 9.15. The zero-order chi connectivity index (χ0) is 20.3.